The molecule has 0 aliphatic rings. The van der Waals surface area contributed by atoms with Crippen molar-refractivity contribution in [2.24, 2.45) is 12.0 Å². The fourth-order valence-corrected chi connectivity index (χ4v) is 3.03. The number of aromatic nitrogens is 2. The molecule has 0 fully saturated rings. The number of benzene rings is 2. The minimum absolute atomic E-state index is 0.00341. The van der Waals surface area contributed by atoms with Crippen molar-refractivity contribution in [1.29, 1.82) is 0 Å². The molecule has 2 aromatic carbocycles. The van der Waals surface area contributed by atoms with Crippen molar-refractivity contribution in [1.82, 2.24) is 9.55 Å². The third kappa shape index (κ3) is 4.07. The van der Waals surface area contributed by atoms with E-state index < -0.39 is 0 Å². The van der Waals surface area contributed by atoms with Crippen LogP contribution in [0.1, 0.15) is 43.1 Å². The minimum atomic E-state index is -0.00341. The molecule has 0 saturated carbocycles. The number of unbranched alkanes of at least 4 members (excludes halogenated alkanes) is 2. The molecule has 0 unspecified atom stereocenters. The topological polar surface area (TPSA) is 47.2 Å². The van der Waals surface area contributed by atoms with Gasteiger partial charge in [-0.2, -0.15) is 0 Å². The summed E-state index contributed by atoms with van der Waals surface area (Å²) in [7, 11) is 1.79. The fraction of sp³-hybridized carbons (Fsp3) is 0.318. The lowest BCUT2D eigenvalue weighted by Gasteiger charge is -2.11. The molecule has 0 aliphatic carbocycles. The Kier molecular flexibility index (Phi) is 5.95. The summed E-state index contributed by atoms with van der Waals surface area (Å²) in [5.41, 5.74) is 2.96. The Morgan fingerprint density at radius 1 is 1.08 bits per heavy atom. The molecular formula is C22H25N3O. The third-order valence-electron chi connectivity index (χ3n) is 4.60. The van der Waals surface area contributed by atoms with Gasteiger partial charge < -0.3 is 0 Å². The normalized spacial score (nSPS) is 11.5. The van der Waals surface area contributed by atoms with Crippen LogP contribution in [0.4, 0.5) is 0 Å². The maximum absolute atomic E-state index is 12.6. The van der Waals surface area contributed by atoms with E-state index in [9.17, 15) is 4.79 Å². The van der Waals surface area contributed by atoms with Gasteiger partial charge in [0.1, 0.15) is 5.82 Å². The molecule has 0 saturated heterocycles. The van der Waals surface area contributed by atoms with E-state index in [2.05, 4.69) is 24.0 Å². The Bertz CT molecular complexity index is 973. The van der Waals surface area contributed by atoms with Crippen LogP contribution in [0.5, 0.6) is 0 Å². The maximum atomic E-state index is 12.6. The van der Waals surface area contributed by atoms with Gasteiger partial charge in [-0.05, 0) is 29.7 Å². The number of para-hydroxylation sites is 1. The number of rotatable bonds is 7. The predicted octanol–water partition coefficient (Wildman–Crippen LogP) is 4.13. The van der Waals surface area contributed by atoms with Gasteiger partial charge in [-0.15, -0.1) is 0 Å². The molecule has 134 valence electrons. The molecule has 3 rings (SSSR count). The highest BCUT2D eigenvalue weighted by Crippen LogP contribution is 2.14. The van der Waals surface area contributed by atoms with Crippen LogP contribution in [0.15, 0.2) is 58.3 Å². The molecule has 0 atom stereocenters. The lowest BCUT2D eigenvalue weighted by Crippen LogP contribution is -2.22. The summed E-state index contributed by atoms with van der Waals surface area (Å²) in [6.45, 7) is 3.05. The molecule has 0 amide bonds. The second-order valence-corrected chi connectivity index (χ2v) is 6.53. The van der Waals surface area contributed by atoms with Crippen molar-refractivity contribution in [3.8, 4) is 0 Å². The largest absolute Gasteiger partial charge is 0.299 e. The average Bonchev–Trinajstić information content (AvgIpc) is 2.67. The van der Waals surface area contributed by atoms with Crippen LogP contribution in [0.2, 0.25) is 0 Å². The van der Waals surface area contributed by atoms with E-state index in [4.69, 9.17) is 4.98 Å². The summed E-state index contributed by atoms with van der Waals surface area (Å²) in [4.78, 5) is 21.9. The second-order valence-electron chi connectivity index (χ2n) is 6.53. The van der Waals surface area contributed by atoms with Crippen LogP contribution < -0.4 is 5.56 Å². The Hall–Kier alpha value is -2.75. The van der Waals surface area contributed by atoms with E-state index in [0.717, 1.165) is 35.4 Å². The monoisotopic (exact) mass is 347 g/mol. The van der Waals surface area contributed by atoms with E-state index >= 15 is 0 Å². The zero-order valence-electron chi connectivity index (χ0n) is 15.5. The summed E-state index contributed by atoms with van der Waals surface area (Å²) >= 11 is 0. The van der Waals surface area contributed by atoms with Crippen LogP contribution in [-0.4, -0.2) is 22.3 Å². The quantitative estimate of drug-likeness (QED) is 0.476. The van der Waals surface area contributed by atoms with Crippen molar-refractivity contribution >= 4 is 17.1 Å². The summed E-state index contributed by atoms with van der Waals surface area (Å²) in [6, 6.07) is 15.7. The molecule has 0 aliphatic heterocycles. The SMILES string of the molecule is CCCCCN=Cc1ccccc1Cc1nc2ccccc2c(=O)n1C. The lowest BCUT2D eigenvalue weighted by atomic mass is 10.0. The lowest BCUT2D eigenvalue weighted by molar-refractivity contribution is 0.729. The first-order valence-corrected chi connectivity index (χ1v) is 9.23. The Balaban J connectivity index is 1.89. The summed E-state index contributed by atoms with van der Waals surface area (Å²) in [5.74, 6) is 0.764. The third-order valence-corrected chi connectivity index (χ3v) is 4.60. The van der Waals surface area contributed by atoms with Crippen molar-refractivity contribution < 1.29 is 0 Å². The highest BCUT2D eigenvalue weighted by molar-refractivity contribution is 5.82. The summed E-state index contributed by atoms with van der Waals surface area (Å²) < 4.78 is 1.65. The van der Waals surface area contributed by atoms with Gasteiger partial charge >= 0.3 is 0 Å². The maximum Gasteiger partial charge on any atom is 0.261 e. The van der Waals surface area contributed by atoms with Crippen LogP contribution in [0, 0.1) is 0 Å². The van der Waals surface area contributed by atoms with Crippen molar-refractivity contribution in [2.45, 2.75) is 32.6 Å². The van der Waals surface area contributed by atoms with E-state index in [-0.39, 0.29) is 5.56 Å². The molecule has 3 aromatic rings. The predicted molar refractivity (Wildman–Crippen MR) is 108 cm³/mol. The fourth-order valence-electron chi connectivity index (χ4n) is 3.03. The van der Waals surface area contributed by atoms with Gasteiger partial charge in [0.05, 0.1) is 10.9 Å². The molecule has 26 heavy (non-hydrogen) atoms. The highest BCUT2D eigenvalue weighted by atomic mass is 16.1. The second kappa shape index (κ2) is 8.56. The highest BCUT2D eigenvalue weighted by Gasteiger charge is 2.10. The first-order valence-electron chi connectivity index (χ1n) is 9.23. The first-order chi connectivity index (χ1) is 12.7. The zero-order chi connectivity index (χ0) is 18.4. The molecule has 4 nitrogen and oxygen atoms in total. The number of nitrogens with zero attached hydrogens (tertiary/aromatic N) is 3. The van der Waals surface area contributed by atoms with E-state index in [0.29, 0.717) is 11.8 Å². The molecule has 4 heteroatoms. The number of fused-ring (bicyclic) bond motifs is 1. The summed E-state index contributed by atoms with van der Waals surface area (Å²) in [6.07, 6.45) is 6.09. The number of aliphatic imine (C=N–C) groups is 1. The molecule has 0 N–H and O–H groups in total. The minimum Gasteiger partial charge on any atom is -0.299 e. The molecule has 1 heterocycles. The van der Waals surface area contributed by atoms with Crippen molar-refractivity contribution in [2.75, 3.05) is 6.54 Å². The molecule has 0 radical (unpaired) electrons. The van der Waals surface area contributed by atoms with Crippen molar-refractivity contribution in [3.63, 3.8) is 0 Å². The van der Waals surface area contributed by atoms with Crippen LogP contribution in [-0.2, 0) is 13.5 Å². The molecule has 1 aromatic heterocycles. The van der Waals surface area contributed by atoms with Crippen LogP contribution >= 0.6 is 0 Å². The van der Waals surface area contributed by atoms with Crippen molar-refractivity contribution in [3.05, 3.63) is 75.8 Å². The van der Waals surface area contributed by atoms with Gasteiger partial charge in [0, 0.05) is 26.2 Å². The standard InChI is InChI=1S/C22H25N3O/c1-3-4-9-14-23-16-18-11-6-5-10-17(18)15-21-24-20-13-8-7-12-19(20)22(26)25(21)2/h5-8,10-13,16H,3-4,9,14-15H2,1-2H3. The Morgan fingerprint density at radius 2 is 1.85 bits per heavy atom. The smallest absolute Gasteiger partial charge is 0.261 e. The van der Waals surface area contributed by atoms with Gasteiger partial charge in [-0.3, -0.25) is 14.4 Å². The van der Waals surface area contributed by atoms with E-state index in [1.54, 1.807) is 11.6 Å². The molecule has 0 bridgehead atoms. The van der Waals surface area contributed by atoms with Gasteiger partial charge in [0.2, 0.25) is 0 Å². The van der Waals surface area contributed by atoms with Gasteiger partial charge in [0.15, 0.2) is 0 Å². The Morgan fingerprint density at radius 3 is 2.69 bits per heavy atom. The van der Waals surface area contributed by atoms with Crippen LogP contribution in [0.3, 0.4) is 0 Å². The Labute approximate surface area is 154 Å². The zero-order valence-corrected chi connectivity index (χ0v) is 15.5. The number of hydrogen-bond acceptors (Lipinski definition) is 3. The number of hydrogen-bond donors (Lipinski definition) is 0. The first kappa shape index (κ1) is 18.1. The van der Waals surface area contributed by atoms with E-state index in [1.807, 2.05) is 42.6 Å². The van der Waals surface area contributed by atoms with Crippen LogP contribution in [0.25, 0.3) is 10.9 Å². The van der Waals surface area contributed by atoms with Gasteiger partial charge in [-0.25, -0.2) is 4.98 Å². The molecular weight excluding hydrogens is 322 g/mol. The molecule has 0 spiro atoms. The van der Waals surface area contributed by atoms with Gasteiger partial charge in [0.25, 0.3) is 5.56 Å². The van der Waals surface area contributed by atoms with Gasteiger partial charge in [-0.1, -0.05) is 56.2 Å². The average molecular weight is 347 g/mol. The van der Waals surface area contributed by atoms with E-state index in [1.165, 1.54) is 12.8 Å². The summed E-state index contributed by atoms with van der Waals surface area (Å²) in [5, 5.41) is 0.657.